The molecule has 0 saturated heterocycles. The van der Waals surface area contributed by atoms with E-state index in [1.807, 2.05) is 6.07 Å². The third kappa shape index (κ3) is 5.11. The summed E-state index contributed by atoms with van der Waals surface area (Å²) in [6.07, 6.45) is 1.63. The van der Waals surface area contributed by atoms with Gasteiger partial charge in [0.2, 0.25) is 0 Å². The van der Waals surface area contributed by atoms with E-state index in [0.29, 0.717) is 32.0 Å². The van der Waals surface area contributed by atoms with Crippen LogP contribution >= 0.6 is 0 Å². The van der Waals surface area contributed by atoms with Crippen LogP contribution in [0.4, 0.5) is 5.69 Å². The van der Waals surface area contributed by atoms with Crippen molar-refractivity contribution in [3.8, 4) is 0 Å². The van der Waals surface area contributed by atoms with Crippen molar-refractivity contribution in [2.24, 2.45) is 0 Å². The zero-order valence-corrected chi connectivity index (χ0v) is 10.7. The van der Waals surface area contributed by atoms with E-state index in [1.54, 1.807) is 26.5 Å². The molecular weight excluding hydrogens is 234 g/mol. The van der Waals surface area contributed by atoms with E-state index in [4.69, 9.17) is 9.47 Å². The van der Waals surface area contributed by atoms with Crippen LogP contribution in [0.15, 0.2) is 18.3 Å². The normalized spacial score (nSPS) is 10.1. The number of nitrogens with one attached hydrogen (secondary N) is 2. The maximum atomic E-state index is 11.6. The maximum Gasteiger partial charge on any atom is 0.269 e. The first-order chi connectivity index (χ1) is 8.77. The van der Waals surface area contributed by atoms with Crippen LogP contribution in [0.3, 0.4) is 0 Å². The summed E-state index contributed by atoms with van der Waals surface area (Å²) in [6.45, 7) is 2.30. The molecule has 1 heterocycles. The minimum atomic E-state index is -0.199. The van der Waals surface area contributed by atoms with Crippen LogP contribution in [0.25, 0.3) is 0 Å². The van der Waals surface area contributed by atoms with Gasteiger partial charge in [-0.05, 0) is 12.1 Å². The number of anilines is 1. The Bertz CT molecular complexity index is 354. The lowest BCUT2D eigenvalue weighted by Gasteiger charge is -2.06. The number of nitrogens with zero attached hydrogens (tertiary/aromatic N) is 1. The van der Waals surface area contributed by atoms with Gasteiger partial charge >= 0.3 is 0 Å². The lowest BCUT2D eigenvalue weighted by molar-refractivity contribution is 0.0932. The number of methoxy groups -OCH3 is 2. The molecule has 0 spiro atoms. The van der Waals surface area contributed by atoms with Gasteiger partial charge in [0.25, 0.3) is 5.91 Å². The van der Waals surface area contributed by atoms with Crippen molar-refractivity contribution in [2.45, 2.75) is 0 Å². The minimum Gasteiger partial charge on any atom is -0.383 e. The Morgan fingerprint density at radius 1 is 1.22 bits per heavy atom. The van der Waals surface area contributed by atoms with Gasteiger partial charge in [-0.1, -0.05) is 0 Å². The fraction of sp³-hybridized carbons (Fsp3) is 0.500. The van der Waals surface area contributed by atoms with E-state index in [9.17, 15) is 4.79 Å². The van der Waals surface area contributed by atoms with Gasteiger partial charge in [-0.3, -0.25) is 4.79 Å². The fourth-order valence-corrected chi connectivity index (χ4v) is 1.29. The molecule has 18 heavy (non-hydrogen) atoms. The largest absolute Gasteiger partial charge is 0.383 e. The summed E-state index contributed by atoms with van der Waals surface area (Å²) < 4.78 is 9.77. The first-order valence-corrected chi connectivity index (χ1v) is 5.74. The molecule has 6 heteroatoms. The molecule has 0 aliphatic carbocycles. The number of hydrogen-bond donors (Lipinski definition) is 2. The van der Waals surface area contributed by atoms with Crippen molar-refractivity contribution in [1.82, 2.24) is 10.3 Å². The second-order valence-corrected chi connectivity index (χ2v) is 3.60. The van der Waals surface area contributed by atoms with Crippen molar-refractivity contribution < 1.29 is 14.3 Å². The van der Waals surface area contributed by atoms with Gasteiger partial charge in [-0.2, -0.15) is 0 Å². The number of aromatic nitrogens is 1. The Hall–Kier alpha value is -1.66. The third-order valence-corrected chi connectivity index (χ3v) is 2.22. The SMILES string of the molecule is COCCNC(=O)c1ccc(NCCOC)cn1. The molecule has 0 atom stereocenters. The Morgan fingerprint density at radius 3 is 2.56 bits per heavy atom. The molecule has 100 valence electrons. The molecule has 0 aromatic carbocycles. The van der Waals surface area contributed by atoms with Crippen LogP contribution < -0.4 is 10.6 Å². The Kier molecular flexibility index (Phi) is 6.75. The van der Waals surface area contributed by atoms with Crippen LogP contribution in [-0.4, -0.2) is 51.4 Å². The van der Waals surface area contributed by atoms with Gasteiger partial charge in [-0.15, -0.1) is 0 Å². The lowest BCUT2D eigenvalue weighted by Crippen LogP contribution is -2.27. The van der Waals surface area contributed by atoms with E-state index < -0.39 is 0 Å². The van der Waals surface area contributed by atoms with Crippen LogP contribution in [0, 0.1) is 0 Å². The number of rotatable bonds is 8. The lowest BCUT2D eigenvalue weighted by atomic mass is 10.3. The average molecular weight is 253 g/mol. The highest BCUT2D eigenvalue weighted by Gasteiger charge is 2.05. The number of amides is 1. The van der Waals surface area contributed by atoms with Crippen LogP contribution in [-0.2, 0) is 9.47 Å². The molecule has 1 aromatic heterocycles. The van der Waals surface area contributed by atoms with E-state index in [1.165, 1.54) is 0 Å². The number of carbonyl (C=O) groups excluding carboxylic acids is 1. The third-order valence-electron chi connectivity index (χ3n) is 2.22. The molecule has 0 fully saturated rings. The van der Waals surface area contributed by atoms with Crippen molar-refractivity contribution in [1.29, 1.82) is 0 Å². The van der Waals surface area contributed by atoms with E-state index in [0.717, 1.165) is 5.69 Å². The molecule has 2 N–H and O–H groups in total. The summed E-state index contributed by atoms with van der Waals surface area (Å²) in [7, 11) is 3.23. The highest BCUT2D eigenvalue weighted by molar-refractivity contribution is 5.92. The molecule has 1 amide bonds. The van der Waals surface area contributed by atoms with Crippen LogP contribution in [0.2, 0.25) is 0 Å². The Balaban J connectivity index is 2.41. The molecule has 0 saturated carbocycles. The van der Waals surface area contributed by atoms with Crippen LogP contribution in [0.5, 0.6) is 0 Å². The molecule has 0 aliphatic heterocycles. The molecule has 1 aromatic rings. The summed E-state index contributed by atoms with van der Waals surface area (Å²) in [5.74, 6) is -0.199. The number of hydrogen-bond acceptors (Lipinski definition) is 5. The zero-order valence-electron chi connectivity index (χ0n) is 10.7. The van der Waals surface area contributed by atoms with E-state index in [-0.39, 0.29) is 5.91 Å². The predicted molar refractivity (Wildman–Crippen MR) is 68.8 cm³/mol. The second kappa shape index (κ2) is 8.43. The zero-order chi connectivity index (χ0) is 13.2. The van der Waals surface area contributed by atoms with Crippen LogP contribution in [0.1, 0.15) is 10.5 Å². The van der Waals surface area contributed by atoms with Crippen molar-refractivity contribution >= 4 is 11.6 Å². The first-order valence-electron chi connectivity index (χ1n) is 5.74. The fourth-order valence-electron chi connectivity index (χ4n) is 1.29. The highest BCUT2D eigenvalue weighted by atomic mass is 16.5. The van der Waals surface area contributed by atoms with Gasteiger partial charge in [-0.25, -0.2) is 4.98 Å². The predicted octanol–water partition coefficient (Wildman–Crippen LogP) is 0.516. The monoisotopic (exact) mass is 253 g/mol. The standard InChI is InChI=1S/C12H19N3O3/c1-17-7-5-13-10-3-4-11(15-9-10)12(16)14-6-8-18-2/h3-4,9,13H,5-8H2,1-2H3,(H,14,16). The van der Waals surface area contributed by atoms with Crippen molar-refractivity contribution in [3.63, 3.8) is 0 Å². The molecule has 6 nitrogen and oxygen atoms in total. The van der Waals surface area contributed by atoms with Gasteiger partial charge in [0.1, 0.15) is 5.69 Å². The first kappa shape index (κ1) is 14.4. The Morgan fingerprint density at radius 2 is 1.94 bits per heavy atom. The summed E-state index contributed by atoms with van der Waals surface area (Å²) in [5.41, 5.74) is 1.25. The number of carbonyl (C=O) groups is 1. The van der Waals surface area contributed by atoms with Crippen molar-refractivity contribution in [2.75, 3.05) is 45.8 Å². The van der Waals surface area contributed by atoms with Gasteiger partial charge in [0, 0.05) is 27.3 Å². The topological polar surface area (TPSA) is 72.5 Å². The Labute approximate surface area is 107 Å². The summed E-state index contributed by atoms with van der Waals surface area (Å²) in [6, 6.07) is 3.49. The minimum absolute atomic E-state index is 0.199. The average Bonchev–Trinajstić information content (AvgIpc) is 2.40. The molecule has 0 bridgehead atoms. The number of pyridine rings is 1. The van der Waals surface area contributed by atoms with Gasteiger partial charge < -0.3 is 20.1 Å². The quantitative estimate of drug-likeness (QED) is 0.661. The second-order valence-electron chi connectivity index (χ2n) is 3.60. The summed E-state index contributed by atoms with van der Waals surface area (Å²) >= 11 is 0. The molecule has 0 unspecified atom stereocenters. The van der Waals surface area contributed by atoms with Gasteiger partial charge in [0.05, 0.1) is 25.1 Å². The number of ether oxygens (including phenoxy) is 2. The van der Waals surface area contributed by atoms with Crippen molar-refractivity contribution in [3.05, 3.63) is 24.0 Å². The summed E-state index contributed by atoms with van der Waals surface area (Å²) in [5, 5.41) is 5.83. The van der Waals surface area contributed by atoms with Gasteiger partial charge in [0.15, 0.2) is 0 Å². The summed E-state index contributed by atoms with van der Waals surface area (Å²) in [4.78, 5) is 15.7. The van der Waals surface area contributed by atoms with E-state index in [2.05, 4.69) is 15.6 Å². The molecule has 1 rings (SSSR count). The van der Waals surface area contributed by atoms with E-state index >= 15 is 0 Å². The molecule has 0 aliphatic rings. The highest BCUT2D eigenvalue weighted by Crippen LogP contribution is 2.05. The maximum absolute atomic E-state index is 11.6. The smallest absolute Gasteiger partial charge is 0.269 e. The molecular formula is C12H19N3O3. The molecule has 0 radical (unpaired) electrons.